The fourth-order valence-electron chi connectivity index (χ4n) is 2.00. The SMILES string of the molecule is CC[C@@]1(C)CCN(C(=O)C(C)(C)CN)C1. The van der Waals surface area contributed by atoms with E-state index >= 15 is 0 Å². The van der Waals surface area contributed by atoms with Gasteiger partial charge in [0, 0.05) is 19.6 Å². The molecule has 1 aliphatic heterocycles. The molecule has 0 aliphatic carbocycles. The van der Waals surface area contributed by atoms with E-state index in [1.54, 1.807) is 0 Å². The molecule has 0 radical (unpaired) electrons. The van der Waals surface area contributed by atoms with E-state index in [4.69, 9.17) is 5.73 Å². The highest BCUT2D eigenvalue weighted by Crippen LogP contribution is 2.34. The Morgan fingerprint density at radius 2 is 2.13 bits per heavy atom. The molecule has 1 atom stereocenters. The minimum absolute atomic E-state index is 0.210. The van der Waals surface area contributed by atoms with Crippen LogP contribution in [0.5, 0.6) is 0 Å². The summed E-state index contributed by atoms with van der Waals surface area (Å²) in [6.07, 6.45) is 2.26. The summed E-state index contributed by atoms with van der Waals surface area (Å²) in [4.78, 5) is 14.1. The molecule has 0 spiro atoms. The molecule has 15 heavy (non-hydrogen) atoms. The zero-order valence-electron chi connectivity index (χ0n) is 10.5. The Balaban J connectivity index is 2.66. The minimum Gasteiger partial charge on any atom is -0.342 e. The number of rotatable bonds is 3. The molecule has 2 N–H and O–H groups in total. The molecule has 3 nitrogen and oxygen atoms in total. The lowest BCUT2D eigenvalue weighted by molar-refractivity contribution is -0.139. The number of hydrogen-bond donors (Lipinski definition) is 1. The van der Waals surface area contributed by atoms with Gasteiger partial charge in [-0.25, -0.2) is 0 Å². The quantitative estimate of drug-likeness (QED) is 0.772. The first-order valence-electron chi connectivity index (χ1n) is 5.84. The lowest BCUT2D eigenvalue weighted by Gasteiger charge is -2.29. The second kappa shape index (κ2) is 4.12. The van der Waals surface area contributed by atoms with E-state index < -0.39 is 5.41 Å². The largest absolute Gasteiger partial charge is 0.342 e. The number of carbonyl (C=O) groups excluding carboxylic acids is 1. The van der Waals surface area contributed by atoms with Crippen molar-refractivity contribution in [1.29, 1.82) is 0 Å². The summed E-state index contributed by atoms with van der Waals surface area (Å²) in [6.45, 7) is 10.5. The van der Waals surface area contributed by atoms with Crippen molar-refractivity contribution in [3.05, 3.63) is 0 Å². The molecule has 1 amide bonds. The van der Waals surface area contributed by atoms with Crippen molar-refractivity contribution in [1.82, 2.24) is 4.90 Å². The van der Waals surface area contributed by atoms with Crippen molar-refractivity contribution in [3.63, 3.8) is 0 Å². The van der Waals surface area contributed by atoms with Crippen LogP contribution in [0.15, 0.2) is 0 Å². The van der Waals surface area contributed by atoms with Crippen LogP contribution in [0.2, 0.25) is 0 Å². The van der Waals surface area contributed by atoms with E-state index in [2.05, 4.69) is 13.8 Å². The third kappa shape index (κ3) is 2.51. The third-order valence-electron chi connectivity index (χ3n) is 3.79. The van der Waals surface area contributed by atoms with E-state index in [0.29, 0.717) is 12.0 Å². The van der Waals surface area contributed by atoms with E-state index in [1.807, 2.05) is 18.7 Å². The summed E-state index contributed by atoms with van der Waals surface area (Å²) >= 11 is 0. The highest BCUT2D eigenvalue weighted by molar-refractivity contribution is 5.82. The Morgan fingerprint density at radius 1 is 1.53 bits per heavy atom. The van der Waals surface area contributed by atoms with E-state index in [9.17, 15) is 4.79 Å². The second-order valence-electron chi connectivity index (χ2n) is 5.73. The monoisotopic (exact) mass is 212 g/mol. The molecule has 0 aromatic rings. The maximum absolute atomic E-state index is 12.1. The Kier molecular flexibility index (Phi) is 3.44. The Hall–Kier alpha value is -0.570. The molecule has 1 heterocycles. The minimum atomic E-state index is -0.404. The summed E-state index contributed by atoms with van der Waals surface area (Å²) in [5.41, 5.74) is 5.54. The first kappa shape index (κ1) is 12.5. The normalized spacial score (nSPS) is 27.1. The Bertz CT molecular complexity index is 250. The van der Waals surface area contributed by atoms with Crippen LogP contribution < -0.4 is 5.73 Å². The van der Waals surface area contributed by atoms with Gasteiger partial charge in [-0.1, -0.05) is 13.8 Å². The molecule has 0 bridgehead atoms. The van der Waals surface area contributed by atoms with Crippen LogP contribution >= 0.6 is 0 Å². The van der Waals surface area contributed by atoms with Gasteiger partial charge in [0.2, 0.25) is 5.91 Å². The molecule has 0 saturated carbocycles. The Morgan fingerprint density at radius 3 is 2.53 bits per heavy atom. The van der Waals surface area contributed by atoms with Crippen LogP contribution in [-0.4, -0.2) is 30.4 Å². The summed E-state index contributed by atoms with van der Waals surface area (Å²) in [5, 5.41) is 0. The third-order valence-corrected chi connectivity index (χ3v) is 3.79. The average molecular weight is 212 g/mol. The molecule has 3 heteroatoms. The fourth-order valence-corrected chi connectivity index (χ4v) is 2.00. The summed E-state index contributed by atoms with van der Waals surface area (Å²) in [7, 11) is 0. The molecule has 1 saturated heterocycles. The van der Waals surface area contributed by atoms with Gasteiger partial charge in [-0.2, -0.15) is 0 Å². The van der Waals surface area contributed by atoms with Gasteiger partial charge >= 0.3 is 0 Å². The molecule has 88 valence electrons. The molecule has 1 fully saturated rings. The number of nitrogens with two attached hydrogens (primary N) is 1. The van der Waals surface area contributed by atoms with Gasteiger partial charge in [-0.05, 0) is 32.1 Å². The zero-order valence-corrected chi connectivity index (χ0v) is 10.5. The van der Waals surface area contributed by atoms with Crippen molar-refractivity contribution >= 4 is 5.91 Å². The van der Waals surface area contributed by atoms with Crippen LogP contribution in [0.4, 0.5) is 0 Å². The van der Waals surface area contributed by atoms with Crippen molar-refractivity contribution in [2.24, 2.45) is 16.6 Å². The fraction of sp³-hybridized carbons (Fsp3) is 0.917. The van der Waals surface area contributed by atoms with Gasteiger partial charge in [-0.3, -0.25) is 4.79 Å². The summed E-state index contributed by atoms with van der Waals surface area (Å²) < 4.78 is 0. The van der Waals surface area contributed by atoms with Crippen LogP contribution in [0.1, 0.15) is 40.5 Å². The molecule has 0 unspecified atom stereocenters. The number of likely N-dealkylation sites (tertiary alicyclic amines) is 1. The van der Waals surface area contributed by atoms with Crippen molar-refractivity contribution in [3.8, 4) is 0 Å². The standard InChI is InChI=1S/C12H24N2O/c1-5-12(4)6-7-14(9-12)10(15)11(2,3)8-13/h5-9,13H2,1-4H3/t12-/m0/s1. The van der Waals surface area contributed by atoms with Crippen LogP contribution in [-0.2, 0) is 4.79 Å². The highest BCUT2D eigenvalue weighted by atomic mass is 16.2. The van der Waals surface area contributed by atoms with E-state index in [-0.39, 0.29) is 5.91 Å². The van der Waals surface area contributed by atoms with Crippen LogP contribution in [0.3, 0.4) is 0 Å². The first-order valence-corrected chi connectivity index (χ1v) is 5.84. The molecule has 1 rings (SSSR count). The molecule has 0 aromatic carbocycles. The number of carbonyl (C=O) groups is 1. The van der Waals surface area contributed by atoms with Crippen molar-refractivity contribution in [2.45, 2.75) is 40.5 Å². The maximum atomic E-state index is 12.1. The van der Waals surface area contributed by atoms with Crippen molar-refractivity contribution in [2.75, 3.05) is 19.6 Å². The first-order chi connectivity index (χ1) is 6.84. The van der Waals surface area contributed by atoms with Gasteiger partial charge in [0.15, 0.2) is 0 Å². The van der Waals surface area contributed by atoms with Gasteiger partial charge in [0.05, 0.1) is 5.41 Å². The second-order valence-corrected chi connectivity index (χ2v) is 5.73. The van der Waals surface area contributed by atoms with E-state index in [1.165, 1.54) is 0 Å². The maximum Gasteiger partial charge on any atom is 0.229 e. The highest BCUT2D eigenvalue weighted by Gasteiger charge is 2.39. The smallest absolute Gasteiger partial charge is 0.229 e. The lowest BCUT2D eigenvalue weighted by Crippen LogP contribution is -2.44. The number of nitrogens with zero attached hydrogens (tertiary/aromatic N) is 1. The zero-order chi connectivity index (χ0) is 11.7. The Labute approximate surface area is 93.0 Å². The van der Waals surface area contributed by atoms with Gasteiger partial charge < -0.3 is 10.6 Å². The van der Waals surface area contributed by atoms with Gasteiger partial charge in [0.1, 0.15) is 0 Å². The summed E-state index contributed by atoms with van der Waals surface area (Å²) in [5.74, 6) is 0.210. The molecule has 0 aromatic heterocycles. The predicted molar refractivity (Wildman–Crippen MR) is 62.4 cm³/mol. The van der Waals surface area contributed by atoms with Gasteiger partial charge in [0.25, 0.3) is 0 Å². The van der Waals surface area contributed by atoms with Crippen LogP contribution in [0.25, 0.3) is 0 Å². The predicted octanol–water partition coefficient (Wildman–Crippen LogP) is 1.62. The molecular formula is C12H24N2O. The summed E-state index contributed by atoms with van der Waals surface area (Å²) in [6, 6.07) is 0. The molecule has 1 aliphatic rings. The number of hydrogen-bond acceptors (Lipinski definition) is 2. The lowest BCUT2D eigenvalue weighted by atomic mass is 9.87. The van der Waals surface area contributed by atoms with Gasteiger partial charge in [-0.15, -0.1) is 0 Å². The van der Waals surface area contributed by atoms with E-state index in [0.717, 1.165) is 25.9 Å². The van der Waals surface area contributed by atoms with Crippen molar-refractivity contribution < 1.29 is 4.79 Å². The van der Waals surface area contributed by atoms with Crippen LogP contribution in [0, 0.1) is 10.8 Å². The number of amides is 1. The average Bonchev–Trinajstić information content (AvgIpc) is 2.60. The topological polar surface area (TPSA) is 46.3 Å². The molecular weight excluding hydrogens is 188 g/mol.